The van der Waals surface area contributed by atoms with E-state index in [4.69, 9.17) is 10.5 Å². The van der Waals surface area contributed by atoms with Crippen LogP contribution in [-0.4, -0.2) is 21.9 Å². The Morgan fingerprint density at radius 3 is 2.69 bits per heavy atom. The molecule has 1 heterocycles. The lowest BCUT2D eigenvalue weighted by Gasteiger charge is -2.05. The van der Waals surface area contributed by atoms with Crippen molar-refractivity contribution < 1.29 is 9.53 Å². The van der Waals surface area contributed by atoms with Crippen molar-refractivity contribution >= 4 is 11.7 Å². The first-order valence-electron chi connectivity index (χ1n) is 4.01. The molecule has 0 fully saturated rings. The fourth-order valence-electron chi connectivity index (χ4n) is 0.935. The number of rotatable bonds is 2. The molecule has 13 heavy (non-hydrogen) atoms. The fraction of sp³-hybridized carbons (Fsp3) is 0.500. The van der Waals surface area contributed by atoms with Crippen LogP contribution in [0.5, 0.6) is 0 Å². The van der Waals surface area contributed by atoms with Crippen molar-refractivity contribution in [3.8, 4) is 0 Å². The Labute approximate surface area is 76.5 Å². The van der Waals surface area contributed by atoms with Gasteiger partial charge in [0.15, 0.2) is 5.69 Å². The summed E-state index contributed by atoms with van der Waals surface area (Å²) in [5.41, 5.74) is 6.05. The number of nitrogens with two attached hydrogens (primary N) is 1. The van der Waals surface area contributed by atoms with E-state index < -0.39 is 5.97 Å². The molecule has 0 aliphatic carbocycles. The molecule has 0 amide bonds. The van der Waals surface area contributed by atoms with Crippen LogP contribution >= 0.6 is 0 Å². The van der Waals surface area contributed by atoms with Crippen molar-refractivity contribution in [2.24, 2.45) is 7.05 Å². The van der Waals surface area contributed by atoms with E-state index in [0.29, 0.717) is 5.69 Å². The predicted molar refractivity (Wildman–Crippen MR) is 48.2 cm³/mol. The Morgan fingerprint density at radius 1 is 1.69 bits per heavy atom. The summed E-state index contributed by atoms with van der Waals surface area (Å²) in [6, 6.07) is 0. The lowest BCUT2D eigenvalue weighted by atomic mass is 10.4. The first-order chi connectivity index (χ1) is 6.00. The van der Waals surface area contributed by atoms with Gasteiger partial charge in [0.05, 0.1) is 11.8 Å². The van der Waals surface area contributed by atoms with Gasteiger partial charge in [-0.15, -0.1) is 0 Å². The Kier molecular flexibility index (Phi) is 2.55. The number of carbonyl (C=O) groups excluding carboxylic acids is 1. The minimum atomic E-state index is -0.479. The van der Waals surface area contributed by atoms with Crippen LogP contribution in [0, 0.1) is 0 Å². The van der Waals surface area contributed by atoms with Gasteiger partial charge in [0.25, 0.3) is 0 Å². The third kappa shape index (κ3) is 2.21. The van der Waals surface area contributed by atoms with Gasteiger partial charge in [-0.25, -0.2) is 4.79 Å². The van der Waals surface area contributed by atoms with Crippen LogP contribution in [0.3, 0.4) is 0 Å². The molecule has 1 aromatic heterocycles. The third-order valence-electron chi connectivity index (χ3n) is 1.39. The van der Waals surface area contributed by atoms with Gasteiger partial charge in [0, 0.05) is 13.2 Å². The van der Waals surface area contributed by atoms with E-state index >= 15 is 0 Å². The van der Waals surface area contributed by atoms with Crippen molar-refractivity contribution in [2.75, 3.05) is 5.73 Å². The van der Waals surface area contributed by atoms with Crippen LogP contribution in [0.25, 0.3) is 0 Å². The van der Waals surface area contributed by atoms with E-state index in [9.17, 15) is 4.79 Å². The molecule has 1 aromatic rings. The van der Waals surface area contributed by atoms with Crippen LogP contribution < -0.4 is 5.73 Å². The van der Waals surface area contributed by atoms with Crippen LogP contribution in [0.4, 0.5) is 5.69 Å². The van der Waals surface area contributed by atoms with E-state index in [2.05, 4.69) is 5.10 Å². The van der Waals surface area contributed by atoms with Gasteiger partial charge in [-0.2, -0.15) is 5.10 Å². The Balaban J connectivity index is 2.82. The van der Waals surface area contributed by atoms with Gasteiger partial charge in [0.2, 0.25) is 0 Å². The zero-order valence-electron chi connectivity index (χ0n) is 7.94. The molecule has 0 spiro atoms. The zero-order chi connectivity index (χ0) is 10.0. The highest BCUT2D eigenvalue weighted by Crippen LogP contribution is 2.10. The summed E-state index contributed by atoms with van der Waals surface area (Å²) in [7, 11) is 1.70. The largest absolute Gasteiger partial charge is 0.458 e. The fourth-order valence-corrected chi connectivity index (χ4v) is 0.935. The number of nitrogen functional groups attached to an aromatic ring is 1. The number of anilines is 1. The van der Waals surface area contributed by atoms with Crippen molar-refractivity contribution in [1.82, 2.24) is 9.78 Å². The van der Waals surface area contributed by atoms with E-state index in [1.807, 2.05) is 0 Å². The van der Waals surface area contributed by atoms with E-state index in [1.54, 1.807) is 27.1 Å². The molecule has 0 saturated heterocycles. The summed E-state index contributed by atoms with van der Waals surface area (Å²) in [6.07, 6.45) is 1.41. The number of carbonyl (C=O) groups is 1. The number of hydrogen-bond acceptors (Lipinski definition) is 4. The molecule has 0 radical (unpaired) electrons. The van der Waals surface area contributed by atoms with Crippen LogP contribution in [-0.2, 0) is 11.8 Å². The number of aromatic nitrogens is 2. The number of esters is 1. The quantitative estimate of drug-likeness (QED) is 0.680. The first kappa shape index (κ1) is 9.57. The van der Waals surface area contributed by atoms with Crippen molar-refractivity contribution in [3.63, 3.8) is 0 Å². The molecule has 72 valence electrons. The van der Waals surface area contributed by atoms with Crippen LogP contribution in [0.2, 0.25) is 0 Å². The monoisotopic (exact) mass is 183 g/mol. The lowest BCUT2D eigenvalue weighted by Crippen LogP contribution is -2.13. The van der Waals surface area contributed by atoms with E-state index in [0.717, 1.165) is 0 Å². The molecular formula is C8H13N3O2. The summed E-state index contributed by atoms with van der Waals surface area (Å²) in [4.78, 5) is 11.3. The van der Waals surface area contributed by atoms with Gasteiger partial charge in [0.1, 0.15) is 0 Å². The SMILES string of the molecule is CC(C)OC(=O)c1nn(C)cc1N. The number of nitrogens with zero attached hydrogens (tertiary/aromatic N) is 2. The molecular weight excluding hydrogens is 170 g/mol. The summed E-state index contributed by atoms with van der Waals surface area (Å²) in [6.45, 7) is 3.55. The average Bonchev–Trinajstić information content (AvgIpc) is 2.28. The summed E-state index contributed by atoms with van der Waals surface area (Å²) >= 11 is 0. The minimum Gasteiger partial charge on any atom is -0.458 e. The molecule has 1 rings (SSSR count). The predicted octanol–water partition coefficient (Wildman–Crippen LogP) is 0.568. The third-order valence-corrected chi connectivity index (χ3v) is 1.39. The second-order valence-corrected chi connectivity index (χ2v) is 3.06. The topological polar surface area (TPSA) is 70.1 Å². The van der Waals surface area contributed by atoms with Gasteiger partial charge >= 0.3 is 5.97 Å². The maximum atomic E-state index is 11.3. The highest BCUT2D eigenvalue weighted by atomic mass is 16.5. The molecule has 0 aliphatic rings. The Hall–Kier alpha value is -1.52. The van der Waals surface area contributed by atoms with Crippen LogP contribution in [0.1, 0.15) is 24.3 Å². The second kappa shape index (κ2) is 3.47. The first-order valence-corrected chi connectivity index (χ1v) is 4.01. The summed E-state index contributed by atoms with van der Waals surface area (Å²) in [5.74, 6) is -0.479. The lowest BCUT2D eigenvalue weighted by molar-refractivity contribution is 0.0371. The highest BCUT2D eigenvalue weighted by Gasteiger charge is 2.16. The Bertz CT molecular complexity index is 317. The molecule has 0 bridgehead atoms. The zero-order valence-corrected chi connectivity index (χ0v) is 7.94. The molecule has 0 aromatic carbocycles. The van der Waals surface area contributed by atoms with Gasteiger partial charge in [-0.1, -0.05) is 0 Å². The maximum Gasteiger partial charge on any atom is 0.361 e. The highest BCUT2D eigenvalue weighted by molar-refractivity contribution is 5.92. The number of aryl methyl sites for hydroxylation is 1. The molecule has 2 N–H and O–H groups in total. The molecule has 5 nitrogen and oxygen atoms in total. The molecule has 0 aliphatic heterocycles. The van der Waals surface area contributed by atoms with E-state index in [-0.39, 0.29) is 11.8 Å². The molecule has 0 saturated carbocycles. The Morgan fingerprint density at radius 2 is 2.31 bits per heavy atom. The molecule has 0 atom stereocenters. The van der Waals surface area contributed by atoms with Crippen molar-refractivity contribution in [1.29, 1.82) is 0 Å². The summed E-state index contributed by atoms with van der Waals surface area (Å²) < 4.78 is 6.41. The second-order valence-electron chi connectivity index (χ2n) is 3.06. The van der Waals surface area contributed by atoms with Crippen molar-refractivity contribution in [2.45, 2.75) is 20.0 Å². The normalized spacial score (nSPS) is 10.5. The smallest absolute Gasteiger partial charge is 0.361 e. The summed E-state index contributed by atoms with van der Waals surface area (Å²) in [5, 5.41) is 3.88. The van der Waals surface area contributed by atoms with Crippen LogP contribution in [0.15, 0.2) is 6.20 Å². The molecule has 5 heteroatoms. The van der Waals surface area contributed by atoms with Gasteiger partial charge < -0.3 is 10.5 Å². The average molecular weight is 183 g/mol. The van der Waals surface area contributed by atoms with Crippen molar-refractivity contribution in [3.05, 3.63) is 11.9 Å². The number of hydrogen-bond donors (Lipinski definition) is 1. The number of ether oxygens (including phenoxy) is 1. The van der Waals surface area contributed by atoms with Gasteiger partial charge in [-0.3, -0.25) is 4.68 Å². The van der Waals surface area contributed by atoms with Gasteiger partial charge in [-0.05, 0) is 13.8 Å². The van der Waals surface area contributed by atoms with E-state index in [1.165, 1.54) is 4.68 Å². The molecule has 0 unspecified atom stereocenters. The minimum absolute atomic E-state index is 0.158. The maximum absolute atomic E-state index is 11.3. The standard InChI is InChI=1S/C8H13N3O2/c1-5(2)13-8(12)7-6(9)4-11(3)10-7/h4-5H,9H2,1-3H3.